The molecule has 3 heteroatoms. The highest BCUT2D eigenvalue weighted by molar-refractivity contribution is 9.10. The van der Waals surface area contributed by atoms with Crippen molar-refractivity contribution in [3.63, 3.8) is 0 Å². The van der Waals surface area contributed by atoms with Gasteiger partial charge in [0.15, 0.2) is 0 Å². The standard InChI is InChI=1S/C6H8BrNS/c1-4(8)6-5(7)2-3-9-6/h2-4H,8H2,1H3/t4-/m1/s1. The minimum atomic E-state index is 0.152. The molecule has 1 heterocycles. The molecule has 0 amide bonds. The Morgan fingerprint density at radius 3 is 2.67 bits per heavy atom. The fraction of sp³-hybridized carbons (Fsp3) is 0.333. The van der Waals surface area contributed by atoms with Crippen molar-refractivity contribution >= 4 is 27.3 Å². The summed E-state index contributed by atoms with van der Waals surface area (Å²) in [5, 5.41) is 2.03. The Balaban J connectivity index is 2.94. The van der Waals surface area contributed by atoms with Crippen molar-refractivity contribution in [1.82, 2.24) is 0 Å². The number of thiophene rings is 1. The zero-order chi connectivity index (χ0) is 6.85. The molecule has 0 aromatic carbocycles. The van der Waals surface area contributed by atoms with Crippen LogP contribution in [0.15, 0.2) is 15.9 Å². The van der Waals surface area contributed by atoms with Gasteiger partial charge in [0.2, 0.25) is 0 Å². The van der Waals surface area contributed by atoms with Crippen molar-refractivity contribution in [2.24, 2.45) is 5.73 Å². The molecule has 1 atom stereocenters. The van der Waals surface area contributed by atoms with Gasteiger partial charge < -0.3 is 5.73 Å². The van der Waals surface area contributed by atoms with Crippen LogP contribution in [0.4, 0.5) is 0 Å². The third kappa shape index (κ3) is 1.53. The molecule has 50 valence electrons. The Labute approximate surface area is 67.0 Å². The highest BCUT2D eigenvalue weighted by atomic mass is 79.9. The Morgan fingerprint density at radius 1 is 1.78 bits per heavy atom. The normalized spacial score (nSPS) is 13.7. The van der Waals surface area contributed by atoms with Gasteiger partial charge in [-0.1, -0.05) is 0 Å². The summed E-state index contributed by atoms with van der Waals surface area (Å²) >= 11 is 5.08. The maximum Gasteiger partial charge on any atom is 0.0372 e. The predicted octanol–water partition coefficient (Wildman–Crippen LogP) is 2.53. The lowest BCUT2D eigenvalue weighted by Crippen LogP contribution is -2.02. The van der Waals surface area contributed by atoms with Gasteiger partial charge in [-0.15, -0.1) is 11.3 Å². The maximum absolute atomic E-state index is 5.64. The summed E-state index contributed by atoms with van der Waals surface area (Å²) in [4.78, 5) is 1.22. The van der Waals surface area contributed by atoms with Gasteiger partial charge in [-0.3, -0.25) is 0 Å². The monoisotopic (exact) mass is 205 g/mol. The lowest BCUT2D eigenvalue weighted by atomic mass is 10.3. The van der Waals surface area contributed by atoms with Crippen LogP contribution in [0.3, 0.4) is 0 Å². The quantitative estimate of drug-likeness (QED) is 0.750. The topological polar surface area (TPSA) is 26.0 Å². The first-order valence-electron chi connectivity index (χ1n) is 2.70. The van der Waals surface area contributed by atoms with Crippen molar-refractivity contribution in [3.05, 3.63) is 20.8 Å². The summed E-state index contributed by atoms with van der Waals surface area (Å²) in [5.41, 5.74) is 5.64. The molecule has 2 N–H and O–H groups in total. The highest BCUT2D eigenvalue weighted by Gasteiger charge is 2.03. The number of nitrogens with two attached hydrogens (primary N) is 1. The second-order valence-electron chi connectivity index (χ2n) is 1.92. The fourth-order valence-electron chi connectivity index (χ4n) is 0.630. The summed E-state index contributed by atoms with van der Waals surface area (Å²) in [5.74, 6) is 0. The summed E-state index contributed by atoms with van der Waals surface area (Å²) in [7, 11) is 0. The van der Waals surface area contributed by atoms with Gasteiger partial charge in [0.25, 0.3) is 0 Å². The Kier molecular flexibility index (Phi) is 2.27. The van der Waals surface area contributed by atoms with Gasteiger partial charge >= 0.3 is 0 Å². The molecule has 0 saturated carbocycles. The van der Waals surface area contributed by atoms with Gasteiger partial charge in [0, 0.05) is 15.4 Å². The van der Waals surface area contributed by atoms with E-state index in [4.69, 9.17) is 5.73 Å². The van der Waals surface area contributed by atoms with Crippen molar-refractivity contribution in [2.75, 3.05) is 0 Å². The summed E-state index contributed by atoms with van der Waals surface area (Å²) in [6.07, 6.45) is 0. The van der Waals surface area contributed by atoms with Crippen LogP contribution in [-0.4, -0.2) is 0 Å². The van der Waals surface area contributed by atoms with E-state index in [9.17, 15) is 0 Å². The van der Waals surface area contributed by atoms with E-state index < -0.39 is 0 Å². The van der Waals surface area contributed by atoms with Crippen LogP contribution >= 0.6 is 27.3 Å². The number of rotatable bonds is 1. The van der Waals surface area contributed by atoms with Crippen molar-refractivity contribution in [3.8, 4) is 0 Å². The average molecular weight is 206 g/mol. The Morgan fingerprint density at radius 2 is 2.44 bits per heavy atom. The molecule has 0 fully saturated rings. The molecular formula is C6H8BrNS. The fourth-order valence-corrected chi connectivity index (χ4v) is 2.32. The predicted molar refractivity (Wildman–Crippen MR) is 44.6 cm³/mol. The molecule has 0 aliphatic rings. The lowest BCUT2D eigenvalue weighted by molar-refractivity contribution is 0.834. The molecule has 1 rings (SSSR count). The second-order valence-corrected chi connectivity index (χ2v) is 3.72. The van der Waals surface area contributed by atoms with Crippen LogP contribution in [0.2, 0.25) is 0 Å². The first-order chi connectivity index (χ1) is 4.22. The molecule has 0 spiro atoms. The molecular weight excluding hydrogens is 198 g/mol. The van der Waals surface area contributed by atoms with Gasteiger partial charge in [0.05, 0.1) is 0 Å². The van der Waals surface area contributed by atoms with Crippen LogP contribution < -0.4 is 5.73 Å². The Bertz CT molecular complexity index is 195. The molecule has 1 nitrogen and oxygen atoms in total. The van der Waals surface area contributed by atoms with Gasteiger partial charge in [-0.05, 0) is 34.3 Å². The lowest BCUT2D eigenvalue weighted by Gasteiger charge is -1.99. The third-order valence-electron chi connectivity index (χ3n) is 1.06. The van der Waals surface area contributed by atoms with E-state index in [-0.39, 0.29) is 6.04 Å². The zero-order valence-electron chi connectivity index (χ0n) is 5.10. The van der Waals surface area contributed by atoms with Crippen LogP contribution in [0.1, 0.15) is 17.8 Å². The molecule has 9 heavy (non-hydrogen) atoms. The van der Waals surface area contributed by atoms with Crippen molar-refractivity contribution < 1.29 is 0 Å². The third-order valence-corrected chi connectivity index (χ3v) is 3.13. The van der Waals surface area contributed by atoms with E-state index in [2.05, 4.69) is 15.9 Å². The largest absolute Gasteiger partial charge is 0.323 e. The summed E-state index contributed by atoms with van der Waals surface area (Å²) in [6, 6.07) is 2.17. The van der Waals surface area contributed by atoms with E-state index in [1.54, 1.807) is 11.3 Å². The summed E-state index contributed by atoms with van der Waals surface area (Å²) < 4.78 is 1.13. The van der Waals surface area contributed by atoms with E-state index in [1.165, 1.54) is 4.88 Å². The van der Waals surface area contributed by atoms with Crippen molar-refractivity contribution in [2.45, 2.75) is 13.0 Å². The van der Waals surface area contributed by atoms with Gasteiger partial charge in [0.1, 0.15) is 0 Å². The first-order valence-corrected chi connectivity index (χ1v) is 4.37. The second kappa shape index (κ2) is 2.82. The minimum absolute atomic E-state index is 0.152. The minimum Gasteiger partial charge on any atom is -0.323 e. The summed E-state index contributed by atoms with van der Waals surface area (Å²) in [6.45, 7) is 1.98. The van der Waals surface area contributed by atoms with Crippen molar-refractivity contribution in [1.29, 1.82) is 0 Å². The van der Waals surface area contributed by atoms with Crippen LogP contribution in [0, 0.1) is 0 Å². The molecule has 0 bridgehead atoms. The zero-order valence-corrected chi connectivity index (χ0v) is 7.50. The molecule has 0 radical (unpaired) electrons. The maximum atomic E-state index is 5.64. The van der Waals surface area contributed by atoms with Gasteiger partial charge in [-0.2, -0.15) is 0 Å². The number of hydrogen-bond acceptors (Lipinski definition) is 2. The van der Waals surface area contributed by atoms with E-state index in [0.717, 1.165) is 4.47 Å². The average Bonchev–Trinajstić information content (AvgIpc) is 2.13. The SMILES string of the molecule is C[C@@H](N)c1sccc1Br. The Hall–Kier alpha value is 0.140. The molecule has 0 aliphatic heterocycles. The first kappa shape index (κ1) is 7.25. The molecule has 0 unspecified atom stereocenters. The molecule has 0 aliphatic carbocycles. The van der Waals surface area contributed by atoms with Crippen LogP contribution in [-0.2, 0) is 0 Å². The smallest absolute Gasteiger partial charge is 0.0372 e. The van der Waals surface area contributed by atoms with E-state index >= 15 is 0 Å². The number of halogens is 1. The molecule has 1 aromatic rings. The van der Waals surface area contributed by atoms with Crippen LogP contribution in [0.5, 0.6) is 0 Å². The van der Waals surface area contributed by atoms with Gasteiger partial charge in [-0.25, -0.2) is 0 Å². The highest BCUT2D eigenvalue weighted by Crippen LogP contribution is 2.26. The molecule has 0 saturated heterocycles. The van der Waals surface area contributed by atoms with E-state index in [1.807, 2.05) is 18.4 Å². The van der Waals surface area contributed by atoms with Crippen LogP contribution in [0.25, 0.3) is 0 Å². The molecule has 1 aromatic heterocycles. The number of hydrogen-bond donors (Lipinski definition) is 1. The van der Waals surface area contributed by atoms with E-state index in [0.29, 0.717) is 0 Å².